The molecule has 2 rings (SSSR count). The zero-order valence-corrected chi connectivity index (χ0v) is 10.2. The van der Waals surface area contributed by atoms with E-state index in [-0.39, 0.29) is 5.82 Å². The molecular formula is C14H21FN2. The number of hydrogen-bond donors (Lipinski definition) is 1. The highest BCUT2D eigenvalue weighted by atomic mass is 19.1. The van der Waals surface area contributed by atoms with Crippen molar-refractivity contribution in [2.45, 2.75) is 38.1 Å². The molecule has 1 aliphatic carbocycles. The van der Waals surface area contributed by atoms with Crippen LogP contribution in [0.25, 0.3) is 0 Å². The second-order valence-corrected chi connectivity index (χ2v) is 4.75. The lowest BCUT2D eigenvalue weighted by Crippen LogP contribution is -2.35. The van der Waals surface area contributed by atoms with Crippen LogP contribution >= 0.6 is 0 Å². The van der Waals surface area contributed by atoms with Crippen molar-refractivity contribution in [3.8, 4) is 0 Å². The largest absolute Gasteiger partial charge is 0.368 e. The SMILES string of the molecule is NCCCN(c1ccc(F)cc1)C1CCCC1. The molecular weight excluding hydrogens is 215 g/mol. The summed E-state index contributed by atoms with van der Waals surface area (Å²) in [4.78, 5) is 2.40. The number of rotatable bonds is 5. The van der Waals surface area contributed by atoms with Crippen molar-refractivity contribution in [3.05, 3.63) is 30.1 Å². The summed E-state index contributed by atoms with van der Waals surface area (Å²) in [7, 11) is 0. The Labute approximate surface area is 103 Å². The van der Waals surface area contributed by atoms with Crippen molar-refractivity contribution in [2.24, 2.45) is 5.73 Å². The number of anilines is 1. The van der Waals surface area contributed by atoms with Crippen LogP contribution in [0.2, 0.25) is 0 Å². The first kappa shape index (κ1) is 12.4. The maximum absolute atomic E-state index is 12.9. The molecule has 0 aliphatic heterocycles. The summed E-state index contributed by atoms with van der Waals surface area (Å²) < 4.78 is 12.9. The van der Waals surface area contributed by atoms with Crippen molar-refractivity contribution in [1.29, 1.82) is 0 Å². The quantitative estimate of drug-likeness (QED) is 0.851. The van der Waals surface area contributed by atoms with Crippen LogP contribution in [0.1, 0.15) is 32.1 Å². The van der Waals surface area contributed by atoms with Gasteiger partial charge >= 0.3 is 0 Å². The van der Waals surface area contributed by atoms with Crippen molar-refractivity contribution >= 4 is 5.69 Å². The van der Waals surface area contributed by atoms with E-state index in [9.17, 15) is 4.39 Å². The van der Waals surface area contributed by atoms with E-state index in [2.05, 4.69) is 4.90 Å². The van der Waals surface area contributed by atoms with Crippen molar-refractivity contribution in [3.63, 3.8) is 0 Å². The Bertz CT molecular complexity index is 331. The van der Waals surface area contributed by atoms with Gasteiger partial charge in [0.05, 0.1) is 0 Å². The highest BCUT2D eigenvalue weighted by molar-refractivity contribution is 5.47. The molecule has 0 amide bonds. The summed E-state index contributed by atoms with van der Waals surface area (Å²) in [5, 5.41) is 0. The lowest BCUT2D eigenvalue weighted by molar-refractivity contribution is 0.590. The molecule has 0 heterocycles. The molecule has 1 saturated carbocycles. The third-order valence-electron chi connectivity index (χ3n) is 3.53. The van der Waals surface area contributed by atoms with E-state index in [0.717, 1.165) is 18.7 Å². The molecule has 0 bridgehead atoms. The van der Waals surface area contributed by atoms with Crippen LogP contribution in [0, 0.1) is 5.82 Å². The molecule has 0 atom stereocenters. The van der Waals surface area contributed by atoms with Gasteiger partial charge in [0.25, 0.3) is 0 Å². The monoisotopic (exact) mass is 236 g/mol. The summed E-state index contributed by atoms with van der Waals surface area (Å²) >= 11 is 0. The summed E-state index contributed by atoms with van der Waals surface area (Å²) in [5.41, 5.74) is 6.72. The molecule has 0 radical (unpaired) electrons. The number of nitrogens with zero attached hydrogens (tertiary/aromatic N) is 1. The maximum atomic E-state index is 12.9. The molecule has 94 valence electrons. The van der Waals surface area contributed by atoms with Crippen molar-refractivity contribution in [2.75, 3.05) is 18.0 Å². The van der Waals surface area contributed by atoms with Gasteiger partial charge < -0.3 is 10.6 Å². The average Bonchev–Trinajstić information content (AvgIpc) is 2.85. The van der Waals surface area contributed by atoms with Crippen LogP contribution in [0.3, 0.4) is 0 Å². The topological polar surface area (TPSA) is 29.3 Å². The third kappa shape index (κ3) is 3.19. The Balaban J connectivity index is 2.10. The average molecular weight is 236 g/mol. The molecule has 2 N–H and O–H groups in total. The van der Waals surface area contributed by atoms with Gasteiger partial charge in [-0.3, -0.25) is 0 Å². The second-order valence-electron chi connectivity index (χ2n) is 4.75. The Morgan fingerprint density at radius 1 is 1.18 bits per heavy atom. The van der Waals surface area contributed by atoms with Crippen LogP contribution < -0.4 is 10.6 Å². The van der Waals surface area contributed by atoms with Crippen LogP contribution in [0.15, 0.2) is 24.3 Å². The van der Waals surface area contributed by atoms with Crippen LogP contribution in [-0.2, 0) is 0 Å². The highest BCUT2D eigenvalue weighted by Crippen LogP contribution is 2.28. The molecule has 3 heteroatoms. The molecule has 0 saturated heterocycles. The van der Waals surface area contributed by atoms with Crippen LogP contribution in [-0.4, -0.2) is 19.1 Å². The Morgan fingerprint density at radius 3 is 2.41 bits per heavy atom. The zero-order valence-electron chi connectivity index (χ0n) is 10.2. The molecule has 0 aromatic heterocycles. The van der Waals surface area contributed by atoms with E-state index in [1.807, 2.05) is 12.1 Å². The minimum Gasteiger partial charge on any atom is -0.368 e. The molecule has 17 heavy (non-hydrogen) atoms. The standard InChI is InChI=1S/C14H21FN2/c15-12-6-8-14(9-7-12)17(11-3-10-16)13-4-1-2-5-13/h6-9,13H,1-5,10-11,16H2. The molecule has 0 unspecified atom stereocenters. The molecule has 1 aromatic rings. The first-order valence-electron chi connectivity index (χ1n) is 6.53. The van der Waals surface area contributed by atoms with E-state index in [0.29, 0.717) is 12.6 Å². The van der Waals surface area contributed by atoms with E-state index < -0.39 is 0 Å². The fourth-order valence-corrected chi connectivity index (χ4v) is 2.63. The fourth-order valence-electron chi connectivity index (χ4n) is 2.63. The predicted molar refractivity (Wildman–Crippen MR) is 69.7 cm³/mol. The van der Waals surface area contributed by atoms with E-state index in [4.69, 9.17) is 5.73 Å². The number of hydrogen-bond acceptors (Lipinski definition) is 2. The number of nitrogens with two attached hydrogens (primary N) is 1. The van der Waals surface area contributed by atoms with E-state index >= 15 is 0 Å². The Kier molecular flexibility index (Phi) is 4.37. The van der Waals surface area contributed by atoms with Crippen molar-refractivity contribution < 1.29 is 4.39 Å². The Morgan fingerprint density at radius 2 is 1.82 bits per heavy atom. The third-order valence-corrected chi connectivity index (χ3v) is 3.53. The number of halogens is 1. The van der Waals surface area contributed by atoms with E-state index in [1.165, 1.54) is 25.7 Å². The smallest absolute Gasteiger partial charge is 0.123 e. The van der Waals surface area contributed by atoms with Gasteiger partial charge in [-0.2, -0.15) is 0 Å². The minimum absolute atomic E-state index is 0.168. The normalized spacial score (nSPS) is 16.4. The van der Waals surface area contributed by atoms with Gasteiger partial charge in [-0.15, -0.1) is 0 Å². The van der Waals surface area contributed by atoms with Gasteiger partial charge in [-0.25, -0.2) is 4.39 Å². The summed E-state index contributed by atoms with van der Waals surface area (Å²) in [6.45, 7) is 1.69. The first-order chi connectivity index (χ1) is 8.31. The van der Waals surface area contributed by atoms with Gasteiger partial charge in [0.15, 0.2) is 0 Å². The molecule has 0 spiro atoms. The fraction of sp³-hybridized carbons (Fsp3) is 0.571. The minimum atomic E-state index is -0.168. The Hall–Kier alpha value is -1.09. The van der Waals surface area contributed by atoms with Gasteiger partial charge in [0.2, 0.25) is 0 Å². The van der Waals surface area contributed by atoms with Crippen LogP contribution in [0.5, 0.6) is 0 Å². The summed E-state index contributed by atoms with van der Waals surface area (Å²) in [5.74, 6) is -0.168. The predicted octanol–water partition coefficient (Wildman–Crippen LogP) is 2.92. The van der Waals surface area contributed by atoms with Crippen LogP contribution in [0.4, 0.5) is 10.1 Å². The maximum Gasteiger partial charge on any atom is 0.123 e. The lowest BCUT2D eigenvalue weighted by atomic mass is 10.1. The lowest BCUT2D eigenvalue weighted by Gasteiger charge is -2.31. The summed E-state index contributed by atoms with van der Waals surface area (Å²) in [6, 6.07) is 7.46. The van der Waals surface area contributed by atoms with Gasteiger partial charge in [0.1, 0.15) is 5.82 Å². The summed E-state index contributed by atoms with van der Waals surface area (Å²) in [6.07, 6.45) is 6.12. The zero-order chi connectivity index (χ0) is 12.1. The van der Waals surface area contributed by atoms with Gasteiger partial charge in [0, 0.05) is 18.3 Å². The number of benzene rings is 1. The van der Waals surface area contributed by atoms with E-state index in [1.54, 1.807) is 12.1 Å². The second kappa shape index (κ2) is 6.01. The first-order valence-corrected chi connectivity index (χ1v) is 6.53. The molecule has 1 aliphatic rings. The van der Waals surface area contributed by atoms with Crippen molar-refractivity contribution in [1.82, 2.24) is 0 Å². The molecule has 1 aromatic carbocycles. The molecule has 2 nitrogen and oxygen atoms in total. The van der Waals surface area contributed by atoms with Gasteiger partial charge in [-0.05, 0) is 50.1 Å². The van der Waals surface area contributed by atoms with Gasteiger partial charge in [-0.1, -0.05) is 12.8 Å². The highest BCUT2D eigenvalue weighted by Gasteiger charge is 2.22. The molecule has 1 fully saturated rings.